The molecule has 0 saturated carbocycles. The van der Waals surface area contributed by atoms with Gasteiger partial charge >= 0.3 is 0 Å². The number of nitrogens with zero attached hydrogens (tertiary/aromatic N) is 1. The number of amides is 2. The molecule has 2 N–H and O–H groups in total. The molecule has 1 aromatic heterocycles. The minimum Gasteiger partial charge on any atom is -0.507 e. The zero-order valence-electron chi connectivity index (χ0n) is 18.4. The van der Waals surface area contributed by atoms with Crippen LogP contribution in [0.15, 0.2) is 70.9 Å². The lowest BCUT2D eigenvalue weighted by Gasteiger charge is -2.24. The van der Waals surface area contributed by atoms with Gasteiger partial charge in [-0.2, -0.15) is 0 Å². The van der Waals surface area contributed by atoms with Crippen molar-refractivity contribution in [1.29, 1.82) is 0 Å². The van der Waals surface area contributed by atoms with Crippen LogP contribution in [-0.2, 0) is 20.8 Å². The van der Waals surface area contributed by atoms with E-state index >= 15 is 0 Å². The summed E-state index contributed by atoms with van der Waals surface area (Å²) in [6.07, 6.45) is 3.10. The number of aryl methyl sites for hydroxylation is 1. The monoisotopic (exact) mass is 458 g/mol. The smallest absolute Gasteiger partial charge is 0.300 e. The Morgan fingerprint density at radius 3 is 2.74 bits per heavy atom. The molecule has 1 atom stereocenters. The summed E-state index contributed by atoms with van der Waals surface area (Å²) in [6, 6.07) is 14.1. The van der Waals surface area contributed by atoms with Crippen molar-refractivity contribution in [1.82, 2.24) is 0 Å². The lowest BCUT2D eigenvalue weighted by Crippen LogP contribution is -2.29. The standard InChI is InChI=1S/C26H22N2O6/c1-15(29)27-18-6-2-7-19(14-18)28-23(21-8-4-12-34-21)22(25(31)26(28)32)24(30)17-9-10-20-16(13-17)5-3-11-33-20/h2,4,6-10,12-14,23,30H,3,5,11H2,1H3,(H,27,29)/b24-22-. The summed E-state index contributed by atoms with van der Waals surface area (Å²) >= 11 is 0. The second-order valence-corrected chi connectivity index (χ2v) is 8.19. The second-order valence-electron chi connectivity index (χ2n) is 8.19. The SMILES string of the molecule is CC(=O)Nc1cccc(N2C(=O)C(=O)/C(=C(\O)c3ccc4c(c3)CCCO4)C2c2ccco2)c1. The topological polar surface area (TPSA) is 109 Å². The second kappa shape index (κ2) is 8.55. The average molecular weight is 458 g/mol. The zero-order chi connectivity index (χ0) is 23.8. The van der Waals surface area contributed by atoms with Crippen LogP contribution in [0.1, 0.15) is 36.3 Å². The third-order valence-electron chi connectivity index (χ3n) is 5.88. The Morgan fingerprint density at radius 1 is 1.12 bits per heavy atom. The number of rotatable bonds is 4. The van der Waals surface area contributed by atoms with Crippen LogP contribution in [0.5, 0.6) is 5.75 Å². The fourth-order valence-electron chi connectivity index (χ4n) is 4.41. The number of Topliss-reactive ketones (excluding diaryl/α,β-unsaturated/α-hetero) is 1. The number of fused-ring (bicyclic) bond motifs is 1. The number of hydrogen-bond donors (Lipinski definition) is 2. The summed E-state index contributed by atoms with van der Waals surface area (Å²) in [6.45, 7) is 2.02. The Balaban J connectivity index is 1.64. The molecule has 1 saturated heterocycles. The van der Waals surface area contributed by atoms with Gasteiger partial charge in [-0.25, -0.2) is 0 Å². The first-order chi connectivity index (χ1) is 16.4. The number of nitrogens with one attached hydrogen (secondary N) is 1. The molecule has 2 aliphatic rings. The van der Waals surface area contributed by atoms with Crippen LogP contribution < -0.4 is 15.0 Å². The minimum atomic E-state index is -0.977. The van der Waals surface area contributed by atoms with E-state index in [0.717, 1.165) is 24.2 Å². The maximum Gasteiger partial charge on any atom is 0.300 e. The molecule has 0 radical (unpaired) electrons. The highest BCUT2D eigenvalue weighted by atomic mass is 16.5. The van der Waals surface area contributed by atoms with Crippen molar-refractivity contribution >= 4 is 34.7 Å². The quantitative estimate of drug-likeness (QED) is 0.345. The van der Waals surface area contributed by atoms with Crippen molar-refractivity contribution in [3.63, 3.8) is 0 Å². The van der Waals surface area contributed by atoms with Gasteiger partial charge in [-0.3, -0.25) is 19.3 Å². The molecule has 5 rings (SSSR count). The van der Waals surface area contributed by atoms with Crippen LogP contribution >= 0.6 is 0 Å². The summed E-state index contributed by atoms with van der Waals surface area (Å²) in [7, 11) is 0. The van der Waals surface area contributed by atoms with Crippen molar-refractivity contribution in [3.05, 3.63) is 83.3 Å². The van der Waals surface area contributed by atoms with Crippen molar-refractivity contribution in [2.75, 3.05) is 16.8 Å². The van der Waals surface area contributed by atoms with E-state index in [9.17, 15) is 19.5 Å². The van der Waals surface area contributed by atoms with E-state index in [1.165, 1.54) is 18.1 Å². The van der Waals surface area contributed by atoms with Crippen molar-refractivity contribution in [2.45, 2.75) is 25.8 Å². The van der Waals surface area contributed by atoms with E-state index < -0.39 is 17.7 Å². The van der Waals surface area contributed by atoms with Gasteiger partial charge in [-0.05, 0) is 66.9 Å². The Bertz CT molecular complexity index is 1320. The lowest BCUT2D eigenvalue weighted by atomic mass is 9.96. The van der Waals surface area contributed by atoms with Gasteiger partial charge in [-0.15, -0.1) is 0 Å². The number of aliphatic hydroxyl groups is 1. The predicted octanol–water partition coefficient (Wildman–Crippen LogP) is 4.19. The molecule has 0 aliphatic carbocycles. The summed E-state index contributed by atoms with van der Waals surface area (Å²) in [5, 5.41) is 13.9. The Kier molecular flexibility index (Phi) is 5.41. The fourth-order valence-corrected chi connectivity index (χ4v) is 4.41. The number of aliphatic hydroxyl groups excluding tert-OH is 1. The number of carbonyl (C=O) groups excluding carboxylic acids is 3. The first-order valence-electron chi connectivity index (χ1n) is 10.9. The third-order valence-corrected chi connectivity index (χ3v) is 5.88. The molecule has 3 heterocycles. The molecule has 8 nitrogen and oxygen atoms in total. The maximum atomic E-state index is 13.2. The fraction of sp³-hybridized carbons (Fsp3) is 0.192. The molecule has 3 aromatic rings. The van der Waals surface area contributed by atoms with Gasteiger partial charge in [0.1, 0.15) is 23.3 Å². The van der Waals surface area contributed by atoms with Gasteiger partial charge in [0.05, 0.1) is 18.4 Å². The van der Waals surface area contributed by atoms with Gasteiger partial charge in [0.2, 0.25) is 5.91 Å². The summed E-state index contributed by atoms with van der Waals surface area (Å²) in [5.41, 5.74) is 2.14. The Labute approximate surface area is 195 Å². The first kappa shape index (κ1) is 21.5. The third kappa shape index (κ3) is 3.73. The molecule has 0 spiro atoms. The molecular weight excluding hydrogens is 436 g/mol. The number of anilines is 2. The van der Waals surface area contributed by atoms with E-state index in [1.54, 1.807) is 54.6 Å². The zero-order valence-corrected chi connectivity index (χ0v) is 18.4. The molecule has 172 valence electrons. The highest BCUT2D eigenvalue weighted by molar-refractivity contribution is 6.51. The highest BCUT2D eigenvalue weighted by Gasteiger charge is 2.48. The van der Waals surface area contributed by atoms with E-state index in [0.29, 0.717) is 29.3 Å². The first-order valence-corrected chi connectivity index (χ1v) is 10.9. The van der Waals surface area contributed by atoms with E-state index in [-0.39, 0.29) is 17.2 Å². The van der Waals surface area contributed by atoms with E-state index in [2.05, 4.69) is 5.32 Å². The minimum absolute atomic E-state index is 0.0680. The van der Waals surface area contributed by atoms with Crippen LogP contribution in [0.3, 0.4) is 0 Å². The molecule has 1 unspecified atom stereocenters. The molecule has 8 heteroatoms. The van der Waals surface area contributed by atoms with Gasteiger partial charge in [0.15, 0.2) is 0 Å². The van der Waals surface area contributed by atoms with Gasteiger partial charge < -0.3 is 19.6 Å². The number of benzene rings is 2. The lowest BCUT2D eigenvalue weighted by molar-refractivity contribution is -0.132. The van der Waals surface area contributed by atoms with E-state index in [4.69, 9.17) is 9.15 Å². The predicted molar refractivity (Wildman–Crippen MR) is 124 cm³/mol. The maximum absolute atomic E-state index is 13.2. The number of ether oxygens (including phenoxy) is 1. The highest BCUT2D eigenvalue weighted by Crippen LogP contribution is 2.43. The number of hydrogen-bond acceptors (Lipinski definition) is 6. The number of carbonyl (C=O) groups is 3. The molecule has 1 fully saturated rings. The van der Waals surface area contributed by atoms with Crippen molar-refractivity contribution < 1.29 is 28.6 Å². The average Bonchev–Trinajstić information content (AvgIpc) is 3.45. The number of ketones is 1. The van der Waals surface area contributed by atoms with Crippen LogP contribution in [0.2, 0.25) is 0 Å². The largest absolute Gasteiger partial charge is 0.507 e. The van der Waals surface area contributed by atoms with Crippen LogP contribution in [0, 0.1) is 0 Å². The normalized spacial score (nSPS) is 19.0. The van der Waals surface area contributed by atoms with Gasteiger partial charge in [0, 0.05) is 23.9 Å². The summed E-state index contributed by atoms with van der Waals surface area (Å²) in [5.74, 6) is -1.10. The number of furan rings is 1. The molecule has 2 aliphatic heterocycles. The van der Waals surface area contributed by atoms with Gasteiger partial charge in [-0.1, -0.05) is 6.07 Å². The molecular formula is C26H22N2O6. The van der Waals surface area contributed by atoms with Crippen LogP contribution in [0.25, 0.3) is 5.76 Å². The summed E-state index contributed by atoms with van der Waals surface area (Å²) in [4.78, 5) is 39.2. The summed E-state index contributed by atoms with van der Waals surface area (Å²) < 4.78 is 11.2. The van der Waals surface area contributed by atoms with Crippen molar-refractivity contribution in [2.24, 2.45) is 0 Å². The van der Waals surface area contributed by atoms with E-state index in [1.807, 2.05) is 0 Å². The Morgan fingerprint density at radius 2 is 1.97 bits per heavy atom. The van der Waals surface area contributed by atoms with Crippen LogP contribution in [0.4, 0.5) is 11.4 Å². The molecule has 34 heavy (non-hydrogen) atoms. The molecule has 2 amide bonds. The Hall–Kier alpha value is -4.33. The van der Waals surface area contributed by atoms with Crippen molar-refractivity contribution in [3.8, 4) is 5.75 Å². The van der Waals surface area contributed by atoms with Crippen LogP contribution in [-0.4, -0.2) is 29.3 Å². The van der Waals surface area contributed by atoms with Gasteiger partial charge in [0.25, 0.3) is 11.7 Å². The molecule has 2 aromatic carbocycles. The molecule has 0 bridgehead atoms.